The Morgan fingerprint density at radius 1 is 1.33 bits per heavy atom. The Bertz CT molecular complexity index is 302. The second-order valence-corrected chi connectivity index (χ2v) is 5.23. The molecule has 0 spiro atoms. The van der Waals surface area contributed by atoms with Gasteiger partial charge in [0.25, 0.3) is 0 Å². The number of rotatable bonds is 5. The predicted octanol–water partition coefficient (Wildman–Crippen LogP) is 1.74. The maximum atomic E-state index is 9.37. The summed E-state index contributed by atoms with van der Waals surface area (Å²) >= 11 is 0. The first-order valence-corrected chi connectivity index (χ1v) is 6.26. The molecule has 4 heteroatoms. The fraction of sp³-hybridized carbons (Fsp3) is 0.455. The average Bonchev–Trinajstić information content (AvgIpc) is 2.25. The monoisotopic (exact) mass is 228 g/mol. The number of methoxy groups -OCH3 is 1. The van der Waals surface area contributed by atoms with E-state index in [0.29, 0.717) is 6.16 Å². The van der Waals surface area contributed by atoms with Gasteiger partial charge in [0.2, 0.25) is 0 Å². The smallest absolute Gasteiger partial charge is 0.128 e. The summed E-state index contributed by atoms with van der Waals surface area (Å²) in [5.74, 6) is 0.825. The van der Waals surface area contributed by atoms with Crippen molar-refractivity contribution >= 4 is 13.5 Å². The second kappa shape index (κ2) is 6.06. The summed E-state index contributed by atoms with van der Waals surface area (Å²) in [6, 6.07) is 7.77. The van der Waals surface area contributed by atoms with Crippen LogP contribution in [0.25, 0.3) is 0 Å². The van der Waals surface area contributed by atoms with Crippen LogP contribution in [0.3, 0.4) is 0 Å². The summed E-state index contributed by atoms with van der Waals surface area (Å²) in [5, 5.41) is 10.4. The normalized spacial score (nSPS) is 14.7. The van der Waals surface area contributed by atoms with Crippen LogP contribution in [0.2, 0.25) is 0 Å². The molecule has 0 saturated heterocycles. The van der Waals surface area contributed by atoms with Crippen molar-refractivity contribution in [3.63, 3.8) is 0 Å². The molecule has 3 nitrogen and oxygen atoms in total. The van der Waals surface area contributed by atoms with E-state index in [1.54, 1.807) is 21.1 Å². The van der Waals surface area contributed by atoms with Crippen LogP contribution in [0.1, 0.15) is 6.92 Å². The van der Waals surface area contributed by atoms with E-state index in [0.717, 1.165) is 11.1 Å². The van der Waals surface area contributed by atoms with Crippen LogP contribution in [0.4, 0.5) is 0 Å². The first-order chi connectivity index (χ1) is 7.19. The van der Waals surface area contributed by atoms with Crippen LogP contribution in [-0.2, 0) is 4.52 Å². The molecule has 0 radical (unpaired) electrons. The van der Waals surface area contributed by atoms with Crippen molar-refractivity contribution in [2.45, 2.75) is 13.0 Å². The van der Waals surface area contributed by atoms with Gasteiger partial charge < -0.3 is 14.4 Å². The van der Waals surface area contributed by atoms with E-state index in [9.17, 15) is 5.11 Å². The van der Waals surface area contributed by atoms with Crippen LogP contribution < -0.4 is 10.0 Å². The van der Waals surface area contributed by atoms with Gasteiger partial charge in [-0.2, -0.15) is 0 Å². The molecule has 0 aliphatic rings. The zero-order chi connectivity index (χ0) is 11.3. The molecule has 84 valence electrons. The quantitative estimate of drug-likeness (QED) is 0.780. The summed E-state index contributed by atoms with van der Waals surface area (Å²) in [4.78, 5) is 0. The molecule has 0 bridgehead atoms. The Morgan fingerprint density at radius 3 is 2.53 bits per heavy atom. The van der Waals surface area contributed by atoms with Gasteiger partial charge in [-0.1, -0.05) is 12.1 Å². The van der Waals surface area contributed by atoms with Gasteiger partial charge in [-0.25, -0.2) is 0 Å². The van der Waals surface area contributed by atoms with Crippen molar-refractivity contribution in [3.8, 4) is 5.75 Å². The van der Waals surface area contributed by atoms with Gasteiger partial charge in [0.05, 0.1) is 21.4 Å². The van der Waals surface area contributed by atoms with Crippen molar-refractivity contribution in [1.82, 2.24) is 0 Å². The fourth-order valence-electron chi connectivity index (χ4n) is 1.35. The highest BCUT2D eigenvalue weighted by Gasteiger charge is 2.17. The van der Waals surface area contributed by atoms with E-state index in [1.807, 2.05) is 24.3 Å². The molecule has 0 aromatic heterocycles. The topological polar surface area (TPSA) is 38.7 Å². The number of para-hydroxylation sites is 1. The number of ether oxygens (including phenoxy) is 1. The highest BCUT2D eigenvalue weighted by Crippen LogP contribution is 2.38. The number of hydrogen-bond acceptors (Lipinski definition) is 3. The lowest BCUT2D eigenvalue weighted by molar-refractivity contribution is 0.216. The van der Waals surface area contributed by atoms with Gasteiger partial charge in [0, 0.05) is 18.6 Å². The van der Waals surface area contributed by atoms with Crippen LogP contribution in [0, 0.1) is 0 Å². The molecule has 0 aliphatic heterocycles. The maximum Gasteiger partial charge on any atom is 0.128 e. The van der Waals surface area contributed by atoms with Gasteiger partial charge >= 0.3 is 0 Å². The molecule has 0 amide bonds. The molecule has 0 aliphatic carbocycles. The van der Waals surface area contributed by atoms with E-state index < -0.39 is 8.15 Å². The van der Waals surface area contributed by atoms with E-state index in [-0.39, 0.29) is 6.10 Å². The predicted molar refractivity (Wildman–Crippen MR) is 63.1 cm³/mol. The molecule has 1 N–H and O–H groups in total. The number of aliphatic hydroxyl groups is 1. The molecule has 2 unspecified atom stereocenters. The zero-order valence-electron chi connectivity index (χ0n) is 9.30. The highest BCUT2D eigenvalue weighted by atomic mass is 31.1. The standard InChI is InChI=1S/C11H17O3P/c1-9(12)8-15(14-3)11-7-5-4-6-10(11)13-2/h4-7,9,12H,8H2,1-3H3. The van der Waals surface area contributed by atoms with Crippen molar-refractivity contribution in [2.24, 2.45) is 0 Å². The summed E-state index contributed by atoms with van der Waals surface area (Å²) < 4.78 is 10.7. The van der Waals surface area contributed by atoms with Crippen LogP contribution in [0.5, 0.6) is 5.75 Å². The minimum absolute atomic E-state index is 0.360. The van der Waals surface area contributed by atoms with Crippen LogP contribution >= 0.6 is 8.15 Å². The molecule has 0 fully saturated rings. The van der Waals surface area contributed by atoms with Gasteiger partial charge in [-0.3, -0.25) is 0 Å². The Balaban J connectivity index is 2.90. The third-order valence-electron chi connectivity index (χ3n) is 2.00. The fourth-order valence-corrected chi connectivity index (χ4v) is 3.03. The summed E-state index contributed by atoms with van der Waals surface area (Å²) in [5.41, 5.74) is 0. The molecular formula is C11H17O3P. The van der Waals surface area contributed by atoms with E-state index in [4.69, 9.17) is 9.26 Å². The van der Waals surface area contributed by atoms with Crippen molar-refractivity contribution in [1.29, 1.82) is 0 Å². The molecule has 1 rings (SSSR count). The first-order valence-electron chi connectivity index (χ1n) is 4.81. The number of hydrogen-bond donors (Lipinski definition) is 1. The Hall–Kier alpha value is -0.630. The maximum absolute atomic E-state index is 9.37. The summed E-state index contributed by atoms with van der Waals surface area (Å²) in [6.07, 6.45) is 0.271. The number of benzene rings is 1. The second-order valence-electron chi connectivity index (χ2n) is 3.26. The third-order valence-corrected chi connectivity index (χ3v) is 4.21. The largest absolute Gasteiger partial charge is 0.496 e. The van der Waals surface area contributed by atoms with Crippen molar-refractivity contribution in [2.75, 3.05) is 20.4 Å². The lowest BCUT2D eigenvalue weighted by atomic mass is 10.3. The van der Waals surface area contributed by atoms with Crippen LogP contribution in [-0.4, -0.2) is 31.6 Å². The SMILES string of the molecule is COc1ccccc1P(CC(C)O)OC. The van der Waals surface area contributed by atoms with Crippen molar-refractivity contribution < 1.29 is 14.4 Å². The van der Waals surface area contributed by atoms with Gasteiger partial charge in [0.1, 0.15) is 5.75 Å². The van der Waals surface area contributed by atoms with Gasteiger partial charge in [-0.15, -0.1) is 0 Å². The molecule has 15 heavy (non-hydrogen) atoms. The average molecular weight is 228 g/mol. The molecule has 2 atom stereocenters. The Labute approximate surface area is 91.9 Å². The third kappa shape index (κ3) is 3.45. The van der Waals surface area contributed by atoms with E-state index in [2.05, 4.69) is 0 Å². The van der Waals surface area contributed by atoms with Crippen molar-refractivity contribution in [3.05, 3.63) is 24.3 Å². The summed E-state index contributed by atoms with van der Waals surface area (Å²) in [7, 11) is 2.52. The number of aliphatic hydroxyl groups excluding tert-OH is 1. The minimum atomic E-state index is -0.795. The van der Waals surface area contributed by atoms with E-state index >= 15 is 0 Å². The zero-order valence-corrected chi connectivity index (χ0v) is 10.2. The molecule has 0 heterocycles. The first kappa shape index (κ1) is 12.4. The molecule has 1 aromatic rings. The lowest BCUT2D eigenvalue weighted by Crippen LogP contribution is -2.14. The lowest BCUT2D eigenvalue weighted by Gasteiger charge is -2.19. The highest BCUT2D eigenvalue weighted by molar-refractivity contribution is 7.61. The Morgan fingerprint density at radius 2 is 2.00 bits per heavy atom. The molecule has 1 aromatic carbocycles. The molecule has 0 saturated carbocycles. The van der Waals surface area contributed by atoms with Crippen LogP contribution in [0.15, 0.2) is 24.3 Å². The summed E-state index contributed by atoms with van der Waals surface area (Å²) in [6.45, 7) is 1.77. The van der Waals surface area contributed by atoms with Gasteiger partial charge in [0.15, 0.2) is 0 Å². The van der Waals surface area contributed by atoms with Gasteiger partial charge in [-0.05, 0) is 19.1 Å². The molecular weight excluding hydrogens is 211 g/mol. The Kier molecular flexibility index (Phi) is 5.03. The van der Waals surface area contributed by atoms with E-state index in [1.165, 1.54) is 0 Å². The minimum Gasteiger partial charge on any atom is -0.496 e.